The third kappa shape index (κ3) is 5.55. The molecule has 0 aromatic carbocycles. The van der Waals surface area contributed by atoms with Gasteiger partial charge in [0.2, 0.25) is 5.91 Å². The minimum Gasteiger partial charge on any atom is -0.355 e. The molecule has 0 heterocycles. The first-order valence-corrected chi connectivity index (χ1v) is 5.02. The minimum atomic E-state index is -0.232. The number of rotatable bonds is 6. The summed E-state index contributed by atoms with van der Waals surface area (Å²) in [6.07, 6.45) is 1.36. The first kappa shape index (κ1) is 12.9. The predicted octanol–water partition coefficient (Wildman–Crippen LogP) is 0.793. The lowest BCUT2D eigenvalue weighted by atomic mass is 10.2. The number of hydrogen-bond acceptors (Lipinski definition) is 3. The van der Waals surface area contributed by atoms with Gasteiger partial charge in [0.25, 0.3) is 0 Å². The molecule has 4 heteroatoms. The zero-order valence-corrected chi connectivity index (χ0v) is 9.13. The Morgan fingerprint density at radius 3 is 2.64 bits per heavy atom. The molecule has 0 bridgehead atoms. The van der Waals surface area contributed by atoms with Crippen molar-refractivity contribution in [2.75, 3.05) is 6.54 Å². The van der Waals surface area contributed by atoms with Gasteiger partial charge in [-0.25, -0.2) is 0 Å². The summed E-state index contributed by atoms with van der Waals surface area (Å²) in [5.41, 5.74) is 0. The SMILES string of the molecule is CCCNC(=O)C(C)NC(C)CC#N. The van der Waals surface area contributed by atoms with E-state index in [1.54, 1.807) is 6.92 Å². The molecule has 2 unspecified atom stereocenters. The highest BCUT2D eigenvalue weighted by Gasteiger charge is 2.13. The summed E-state index contributed by atoms with van der Waals surface area (Å²) >= 11 is 0. The van der Waals surface area contributed by atoms with Crippen LogP contribution in [0.4, 0.5) is 0 Å². The molecule has 2 N–H and O–H groups in total. The Balaban J connectivity index is 3.77. The van der Waals surface area contributed by atoms with E-state index in [0.717, 1.165) is 6.42 Å². The van der Waals surface area contributed by atoms with E-state index in [0.29, 0.717) is 13.0 Å². The number of carbonyl (C=O) groups excluding carboxylic acids is 1. The van der Waals surface area contributed by atoms with Crippen LogP contribution in [0.5, 0.6) is 0 Å². The van der Waals surface area contributed by atoms with Gasteiger partial charge in [0, 0.05) is 12.6 Å². The van der Waals surface area contributed by atoms with E-state index in [4.69, 9.17) is 5.26 Å². The largest absolute Gasteiger partial charge is 0.355 e. The van der Waals surface area contributed by atoms with Crippen molar-refractivity contribution >= 4 is 5.91 Å². The zero-order valence-electron chi connectivity index (χ0n) is 9.13. The van der Waals surface area contributed by atoms with Crippen molar-refractivity contribution < 1.29 is 4.79 Å². The monoisotopic (exact) mass is 197 g/mol. The highest BCUT2D eigenvalue weighted by Crippen LogP contribution is 1.92. The van der Waals surface area contributed by atoms with Gasteiger partial charge in [-0.1, -0.05) is 6.92 Å². The van der Waals surface area contributed by atoms with Gasteiger partial charge in [0.1, 0.15) is 0 Å². The van der Waals surface area contributed by atoms with Gasteiger partial charge in [-0.2, -0.15) is 5.26 Å². The van der Waals surface area contributed by atoms with Gasteiger partial charge < -0.3 is 10.6 Å². The van der Waals surface area contributed by atoms with Crippen molar-refractivity contribution in [2.24, 2.45) is 0 Å². The normalized spacial score (nSPS) is 14.1. The summed E-state index contributed by atoms with van der Waals surface area (Å²) < 4.78 is 0. The molecule has 14 heavy (non-hydrogen) atoms. The number of carbonyl (C=O) groups is 1. The van der Waals surface area contributed by atoms with Gasteiger partial charge in [-0.05, 0) is 20.3 Å². The summed E-state index contributed by atoms with van der Waals surface area (Å²) in [4.78, 5) is 11.4. The van der Waals surface area contributed by atoms with E-state index >= 15 is 0 Å². The second kappa shape index (κ2) is 7.34. The van der Waals surface area contributed by atoms with Gasteiger partial charge in [0.15, 0.2) is 0 Å². The molecule has 0 aliphatic carbocycles. The summed E-state index contributed by atoms with van der Waals surface area (Å²) in [6.45, 7) is 6.42. The van der Waals surface area contributed by atoms with E-state index in [1.165, 1.54) is 0 Å². The van der Waals surface area contributed by atoms with Crippen molar-refractivity contribution in [2.45, 2.75) is 45.7 Å². The lowest BCUT2D eigenvalue weighted by molar-refractivity contribution is -0.122. The molecule has 2 atom stereocenters. The first-order valence-electron chi connectivity index (χ1n) is 5.02. The van der Waals surface area contributed by atoms with E-state index < -0.39 is 0 Å². The summed E-state index contributed by atoms with van der Waals surface area (Å²) in [7, 11) is 0. The smallest absolute Gasteiger partial charge is 0.236 e. The third-order valence-electron chi connectivity index (χ3n) is 1.87. The van der Waals surface area contributed by atoms with Crippen molar-refractivity contribution in [1.29, 1.82) is 5.26 Å². The van der Waals surface area contributed by atoms with Gasteiger partial charge in [0.05, 0.1) is 18.5 Å². The third-order valence-corrected chi connectivity index (χ3v) is 1.87. The Bertz CT molecular complexity index is 210. The Morgan fingerprint density at radius 2 is 2.14 bits per heavy atom. The number of hydrogen-bond donors (Lipinski definition) is 2. The summed E-state index contributed by atoms with van der Waals surface area (Å²) in [5.74, 6) is -0.00311. The predicted molar refractivity (Wildman–Crippen MR) is 55.6 cm³/mol. The van der Waals surface area contributed by atoms with Gasteiger partial charge in [-0.15, -0.1) is 0 Å². The van der Waals surface area contributed by atoms with Crippen LogP contribution in [0.3, 0.4) is 0 Å². The fourth-order valence-electron chi connectivity index (χ4n) is 1.10. The Morgan fingerprint density at radius 1 is 1.50 bits per heavy atom. The summed E-state index contributed by atoms with van der Waals surface area (Å²) in [5, 5.41) is 14.3. The fourth-order valence-corrected chi connectivity index (χ4v) is 1.10. The number of nitriles is 1. The second-order valence-electron chi connectivity index (χ2n) is 3.44. The lowest BCUT2D eigenvalue weighted by Crippen LogP contribution is -2.45. The van der Waals surface area contributed by atoms with Crippen molar-refractivity contribution in [3.63, 3.8) is 0 Å². The van der Waals surface area contributed by atoms with Crippen LogP contribution in [0.2, 0.25) is 0 Å². The van der Waals surface area contributed by atoms with Crippen LogP contribution in [-0.2, 0) is 4.79 Å². The highest BCUT2D eigenvalue weighted by molar-refractivity contribution is 5.81. The molecule has 0 fully saturated rings. The van der Waals surface area contributed by atoms with E-state index in [9.17, 15) is 4.79 Å². The topological polar surface area (TPSA) is 64.9 Å². The van der Waals surface area contributed by atoms with Crippen molar-refractivity contribution in [1.82, 2.24) is 10.6 Å². The Hall–Kier alpha value is -1.08. The highest BCUT2D eigenvalue weighted by atomic mass is 16.2. The molecule has 1 amide bonds. The van der Waals surface area contributed by atoms with Crippen LogP contribution >= 0.6 is 0 Å². The van der Waals surface area contributed by atoms with Crippen LogP contribution in [0.15, 0.2) is 0 Å². The molecule has 0 radical (unpaired) electrons. The quantitative estimate of drug-likeness (QED) is 0.661. The van der Waals surface area contributed by atoms with Crippen molar-refractivity contribution in [3.8, 4) is 6.07 Å². The maximum atomic E-state index is 11.4. The molecule has 0 aromatic heterocycles. The average molecular weight is 197 g/mol. The minimum absolute atomic E-state index is 0.00311. The van der Waals surface area contributed by atoms with Crippen LogP contribution < -0.4 is 10.6 Å². The Labute approximate surface area is 85.7 Å². The molecule has 0 saturated carbocycles. The average Bonchev–Trinajstić information content (AvgIpc) is 2.14. The number of amides is 1. The molecule has 0 aliphatic rings. The molecule has 0 aliphatic heterocycles. The molecule has 0 rings (SSSR count). The zero-order chi connectivity index (χ0) is 11.0. The van der Waals surface area contributed by atoms with Crippen molar-refractivity contribution in [3.05, 3.63) is 0 Å². The first-order chi connectivity index (χ1) is 6.61. The van der Waals surface area contributed by atoms with E-state index in [2.05, 4.69) is 16.7 Å². The van der Waals surface area contributed by atoms with Gasteiger partial charge >= 0.3 is 0 Å². The van der Waals surface area contributed by atoms with Crippen LogP contribution in [0, 0.1) is 11.3 Å². The molecule has 0 aromatic rings. The molecular weight excluding hydrogens is 178 g/mol. The molecule has 80 valence electrons. The van der Waals surface area contributed by atoms with E-state index in [1.807, 2.05) is 13.8 Å². The molecule has 0 saturated heterocycles. The standard InChI is InChI=1S/C10H19N3O/c1-4-7-12-10(14)9(3)13-8(2)5-6-11/h8-9,13H,4-5,7H2,1-3H3,(H,12,14). The van der Waals surface area contributed by atoms with E-state index in [-0.39, 0.29) is 18.0 Å². The second-order valence-corrected chi connectivity index (χ2v) is 3.44. The molecule has 0 spiro atoms. The molecule has 4 nitrogen and oxygen atoms in total. The van der Waals surface area contributed by atoms with Crippen LogP contribution in [0.1, 0.15) is 33.6 Å². The fraction of sp³-hybridized carbons (Fsp3) is 0.800. The summed E-state index contributed by atoms with van der Waals surface area (Å²) in [6, 6.07) is 1.89. The van der Waals surface area contributed by atoms with Gasteiger partial charge in [-0.3, -0.25) is 4.79 Å². The Kier molecular flexibility index (Phi) is 6.77. The van der Waals surface area contributed by atoms with Crippen LogP contribution in [-0.4, -0.2) is 24.5 Å². The maximum Gasteiger partial charge on any atom is 0.236 e. The van der Waals surface area contributed by atoms with Crippen LogP contribution in [0.25, 0.3) is 0 Å². The number of nitrogens with one attached hydrogen (secondary N) is 2. The molecular formula is C10H19N3O. The maximum absolute atomic E-state index is 11.4. The number of nitrogens with zero attached hydrogens (tertiary/aromatic N) is 1. The lowest BCUT2D eigenvalue weighted by Gasteiger charge is -2.17.